The summed E-state index contributed by atoms with van der Waals surface area (Å²) in [5.41, 5.74) is 1.11. The topological polar surface area (TPSA) is 53.6 Å². The molecular formula is C17H27Cl2N3O2. The molecule has 0 aromatic heterocycles. The van der Waals surface area contributed by atoms with Gasteiger partial charge in [-0.15, -0.1) is 24.8 Å². The molecule has 0 spiro atoms. The summed E-state index contributed by atoms with van der Waals surface area (Å²) < 4.78 is 5.42. The van der Waals surface area contributed by atoms with E-state index in [1.165, 1.54) is 12.8 Å². The van der Waals surface area contributed by atoms with Crippen molar-refractivity contribution in [1.29, 1.82) is 0 Å². The van der Waals surface area contributed by atoms with E-state index in [0.717, 1.165) is 43.4 Å². The summed E-state index contributed by atoms with van der Waals surface area (Å²) in [6, 6.07) is 8.26. The molecule has 1 aliphatic heterocycles. The number of carbonyl (C=O) groups is 1. The molecule has 2 N–H and O–H groups in total. The van der Waals surface area contributed by atoms with Gasteiger partial charge in [-0.1, -0.05) is 12.1 Å². The number of nitrogens with zero attached hydrogens (tertiary/aromatic N) is 1. The maximum atomic E-state index is 12.0. The van der Waals surface area contributed by atoms with E-state index in [2.05, 4.69) is 21.6 Å². The molecule has 0 bridgehead atoms. The third-order valence-electron chi connectivity index (χ3n) is 4.39. The van der Waals surface area contributed by atoms with E-state index < -0.39 is 0 Å². The maximum Gasteiger partial charge on any atom is 0.234 e. The number of para-hydroxylation sites is 2. The van der Waals surface area contributed by atoms with Gasteiger partial charge in [-0.2, -0.15) is 0 Å². The number of hydrogen-bond donors (Lipinski definition) is 2. The van der Waals surface area contributed by atoms with Crippen LogP contribution in [0.15, 0.2) is 24.3 Å². The molecule has 24 heavy (non-hydrogen) atoms. The predicted octanol–water partition coefficient (Wildman–Crippen LogP) is 2.23. The lowest BCUT2D eigenvalue weighted by atomic mass is 10.2. The van der Waals surface area contributed by atoms with Gasteiger partial charge < -0.3 is 20.3 Å². The molecule has 1 amide bonds. The first-order chi connectivity index (χ1) is 10.8. The zero-order valence-corrected chi connectivity index (χ0v) is 15.6. The standard InChI is InChI=1S/C17H25N3O2.2ClH/c1-22-16-5-3-2-4-15(16)20-9-8-14(12-20)19-17(21)11-18-10-13-6-7-13;;/h2-5,13-14,18H,6-12H2,1H3,(H,19,21);2*1H. The van der Waals surface area contributed by atoms with Gasteiger partial charge in [-0.05, 0) is 43.9 Å². The molecule has 1 aromatic carbocycles. The molecule has 1 saturated heterocycles. The van der Waals surface area contributed by atoms with Crippen molar-refractivity contribution in [2.75, 3.05) is 38.2 Å². The van der Waals surface area contributed by atoms with Crippen LogP contribution >= 0.6 is 24.8 Å². The largest absolute Gasteiger partial charge is 0.495 e. The lowest BCUT2D eigenvalue weighted by Crippen LogP contribution is -2.42. The van der Waals surface area contributed by atoms with Crippen LogP contribution in [0, 0.1) is 5.92 Å². The third-order valence-corrected chi connectivity index (χ3v) is 4.39. The Bertz CT molecular complexity index is 526. The minimum absolute atomic E-state index is 0. The number of rotatable bonds is 7. The Morgan fingerprint density at radius 3 is 2.71 bits per heavy atom. The Kier molecular flexibility index (Phi) is 8.67. The first-order valence-electron chi connectivity index (χ1n) is 8.14. The van der Waals surface area contributed by atoms with Crippen LogP contribution in [0.25, 0.3) is 0 Å². The number of methoxy groups -OCH3 is 1. The number of benzene rings is 1. The van der Waals surface area contributed by atoms with E-state index in [-0.39, 0.29) is 36.8 Å². The zero-order chi connectivity index (χ0) is 15.4. The lowest BCUT2D eigenvalue weighted by molar-refractivity contribution is -0.120. The maximum absolute atomic E-state index is 12.0. The van der Waals surface area contributed by atoms with Crippen LogP contribution in [0.5, 0.6) is 5.75 Å². The second-order valence-electron chi connectivity index (χ2n) is 6.25. The van der Waals surface area contributed by atoms with Crippen molar-refractivity contribution < 1.29 is 9.53 Å². The van der Waals surface area contributed by atoms with Gasteiger partial charge in [-0.3, -0.25) is 4.79 Å². The van der Waals surface area contributed by atoms with E-state index in [4.69, 9.17) is 4.74 Å². The molecule has 0 radical (unpaired) electrons. The molecule has 1 unspecified atom stereocenters. The van der Waals surface area contributed by atoms with Crippen LogP contribution in [0.2, 0.25) is 0 Å². The summed E-state index contributed by atoms with van der Waals surface area (Å²) in [6.07, 6.45) is 3.60. The minimum atomic E-state index is 0. The summed E-state index contributed by atoms with van der Waals surface area (Å²) in [5, 5.41) is 6.36. The molecule has 3 rings (SSSR count). The van der Waals surface area contributed by atoms with E-state index >= 15 is 0 Å². The Morgan fingerprint density at radius 2 is 2.00 bits per heavy atom. The first kappa shape index (κ1) is 20.9. The number of ether oxygens (including phenoxy) is 1. The fraction of sp³-hybridized carbons (Fsp3) is 0.588. The number of anilines is 1. The highest BCUT2D eigenvalue weighted by molar-refractivity contribution is 5.85. The van der Waals surface area contributed by atoms with Crippen LogP contribution in [-0.2, 0) is 4.79 Å². The second kappa shape index (κ2) is 9.97. The summed E-state index contributed by atoms with van der Waals surface area (Å²) in [5.74, 6) is 1.80. The average molecular weight is 376 g/mol. The number of nitrogens with one attached hydrogen (secondary N) is 2. The highest BCUT2D eigenvalue weighted by atomic mass is 35.5. The quantitative estimate of drug-likeness (QED) is 0.767. The Labute approximate surface area is 156 Å². The van der Waals surface area contributed by atoms with Gasteiger partial charge in [0, 0.05) is 19.1 Å². The molecule has 5 nitrogen and oxygen atoms in total. The Balaban J connectivity index is 0.00000144. The number of carbonyl (C=O) groups excluding carboxylic acids is 1. The van der Waals surface area contributed by atoms with Crippen molar-refractivity contribution in [2.24, 2.45) is 5.92 Å². The van der Waals surface area contributed by atoms with E-state index in [1.807, 2.05) is 18.2 Å². The normalized spacial score (nSPS) is 19.2. The van der Waals surface area contributed by atoms with Crippen molar-refractivity contribution in [3.63, 3.8) is 0 Å². The van der Waals surface area contributed by atoms with E-state index in [9.17, 15) is 4.79 Å². The molecule has 1 aromatic rings. The van der Waals surface area contributed by atoms with Crippen LogP contribution < -0.4 is 20.3 Å². The molecule has 1 saturated carbocycles. The second-order valence-corrected chi connectivity index (χ2v) is 6.25. The molecule has 2 fully saturated rings. The molecular weight excluding hydrogens is 349 g/mol. The van der Waals surface area contributed by atoms with Crippen LogP contribution in [0.4, 0.5) is 5.69 Å². The van der Waals surface area contributed by atoms with Crippen LogP contribution in [0.3, 0.4) is 0 Å². The van der Waals surface area contributed by atoms with Gasteiger partial charge >= 0.3 is 0 Å². The van der Waals surface area contributed by atoms with Gasteiger partial charge in [0.15, 0.2) is 0 Å². The van der Waals surface area contributed by atoms with Crippen molar-refractivity contribution in [3.8, 4) is 5.75 Å². The first-order valence-corrected chi connectivity index (χ1v) is 8.14. The predicted molar refractivity (Wildman–Crippen MR) is 102 cm³/mol. The molecule has 1 atom stereocenters. The summed E-state index contributed by atoms with van der Waals surface area (Å²) in [6.45, 7) is 3.20. The van der Waals surface area contributed by atoms with Crippen molar-refractivity contribution in [1.82, 2.24) is 10.6 Å². The molecule has 1 heterocycles. The van der Waals surface area contributed by atoms with Gasteiger partial charge in [0.05, 0.1) is 19.3 Å². The molecule has 1 aliphatic carbocycles. The zero-order valence-electron chi connectivity index (χ0n) is 14.0. The Morgan fingerprint density at radius 1 is 1.25 bits per heavy atom. The minimum Gasteiger partial charge on any atom is -0.495 e. The number of hydrogen-bond acceptors (Lipinski definition) is 4. The fourth-order valence-corrected chi connectivity index (χ4v) is 2.98. The summed E-state index contributed by atoms with van der Waals surface area (Å²) in [4.78, 5) is 14.2. The smallest absolute Gasteiger partial charge is 0.234 e. The molecule has 2 aliphatic rings. The lowest BCUT2D eigenvalue weighted by Gasteiger charge is -2.21. The van der Waals surface area contributed by atoms with Crippen molar-refractivity contribution in [2.45, 2.75) is 25.3 Å². The van der Waals surface area contributed by atoms with Gasteiger partial charge in [0.2, 0.25) is 5.91 Å². The third kappa shape index (κ3) is 5.72. The summed E-state index contributed by atoms with van der Waals surface area (Å²) >= 11 is 0. The Hall–Kier alpha value is -1.17. The van der Waals surface area contributed by atoms with Crippen molar-refractivity contribution >= 4 is 36.4 Å². The highest BCUT2D eigenvalue weighted by Gasteiger charge is 2.26. The fourth-order valence-electron chi connectivity index (χ4n) is 2.98. The SMILES string of the molecule is COc1ccccc1N1CCC(NC(=O)CNCC2CC2)C1.Cl.Cl. The van der Waals surface area contributed by atoms with Gasteiger partial charge in [0.25, 0.3) is 0 Å². The van der Waals surface area contributed by atoms with E-state index in [1.54, 1.807) is 7.11 Å². The summed E-state index contributed by atoms with van der Waals surface area (Å²) in [7, 11) is 1.69. The van der Waals surface area contributed by atoms with Crippen molar-refractivity contribution in [3.05, 3.63) is 24.3 Å². The number of halogens is 2. The van der Waals surface area contributed by atoms with E-state index in [0.29, 0.717) is 6.54 Å². The molecule has 7 heteroatoms. The number of amides is 1. The highest BCUT2D eigenvalue weighted by Crippen LogP contribution is 2.30. The van der Waals surface area contributed by atoms with Crippen LogP contribution in [0.1, 0.15) is 19.3 Å². The molecule has 136 valence electrons. The van der Waals surface area contributed by atoms with Gasteiger partial charge in [-0.25, -0.2) is 0 Å². The monoisotopic (exact) mass is 375 g/mol. The van der Waals surface area contributed by atoms with Crippen LogP contribution in [-0.4, -0.2) is 45.2 Å². The average Bonchev–Trinajstić information content (AvgIpc) is 3.24. The van der Waals surface area contributed by atoms with Gasteiger partial charge in [0.1, 0.15) is 5.75 Å².